The van der Waals surface area contributed by atoms with E-state index >= 15 is 0 Å². The van der Waals surface area contributed by atoms with Crippen LogP contribution in [0.4, 0.5) is 11.5 Å². The topological polar surface area (TPSA) is 114 Å². The predicted octanol–water partition coefficient (Wildman–Crippen LogP) is 3.07. The van der Waals surface area contributed by atoms with E-state index in [9.17, 15) is 14.4 Å². The minimum absolute atomic E-state index is 0.0283. The molecule has 1 amide bonds. The van der Waals surface area contributed by atoms with Crippen LogP contribution in [0.1, 0.15) is 47.7 Å². The van der Waals surface area contributed by atoms with Gasteiger partial charge < -0.3 is 15.1 Å². The van der Waals surface area contributed by atoms with Gasteiger partial charge in [-0.15, -0.1) is 0 Å². The number of nitrogens with one attached hydrogen (secondary N) is 1. The zero-order chi connectivity index (χ0) is 22.7. The van der Waals surface area contributed by atoms with Crippen molar-refractivity contribution < 1.29 is 9.21 Å². The number of furan rings is 1. The van der Waals surface area contributed by atoms with Crippen LogP contribution in [0.3, 0.4) is 0 Å². The van der Waals surface area contributed by atoms with E-state index in [4.69, 9.17) is 10.2 Å². The number of nitrogens with zero attached hydrogens (tertiary/aromatic N) is 2. The molecule has 2 heterocycles. The summed E-state index contributed by atoms with van der Waals surface area (Å²) in [7, 11) is 0. The van der Waals surface area contributed by atoms with Crippen LogP contribution in [-0.2, 0) is 6.54 Å². The molecule has 2 aromatic heterocycles. The van der Waals surface area contributed by atoms with Crippen molar-refractivity contribution in [3.05, 3.63) is 79.9 Å². The molecule has 0 radical (unpaired) electrons. The number of carbonyl (C=O) groups is 1. The molecule has 0 bridgehead atoms. The highest BCUT2D eigenvalue weighted by Gasteiger charge is 2.27. The van der Waals surface area contributed by atoms with E-state index in [0.29, 0.717) is 23.5 Å². The Bertz CT molecular complexity index is 1190. The van der Waals surface area contributed by atoms with Gasteiger partial charge in [0.05, 0.1) is 12.1 Å². The SMILES string of the molecule is Cc1cc(C(=O)N(CCC(C)C)c2c(N)n(Cc3ccccc3)c(=O)[nH]c2=O)c(C)o1. The second-order valence-corrected chi connectivity index (χ2v) is 8.03. The fourth-order valence-electron chi connectivity index (χ4n) is 3.45. The van der Waals surface area contributed by atoms with Gasteiger partial charge in [-0.3, -0.25) is 19.1 Å². The number of carbonyl (C=O) groups excluding carboxylic acids is 1. The molecule has 0 aliphatic rings. The van der Waals surface area contributed by atoms with Gasteiger partial charge in [0.2, 0.25) is 0 Å². The van der Waals surface area contributed by atoms with Gasteiger partial charge in [-0.05, 0) is 37.8 Å². The molecule has 0 aliphatic heterocycles. The second-order valence-electron chi connectivity index (χ2n) is 8.03. The summed E-state index contributed by atoms with van der Waals surface area (Å²) in [4.78, 5) is 42.4. The van der Waals surface area contributed by atoms with E-state index in [0.717, 1.165) is 5.56 Å². The summed E-state index contributed by atoms with van der Waals surface area (Å²) in [5, 5.41) is 0. The number of hydrogen-bond acceptors (Lipinski definition) is 5. The molecule has 8 heteroatoms. The lowest BCUT2D eigenvalue weighted by molar-refractivity contribution is 0.0984. The Balaban J connectivity index is 2.12. The number of aryl methyl sites for hydroxylation is 2. The molecule has 0 fully saturated rings. The lowest BCUT2D eigenvalue weighted by Gasteiger charge is -2.25. The molecule has 1 aromatic carbocycles. The van der Waals surface area contributed by atoms with Crippen LogP contribution >= 0.6 is 0 Å². The molecule has 0 saturated heterocycles. The Morgan fingerprint density at radius 2 is 1.87 bits per heavy atom. The minimum Gasteiger partial charge on any atom is -0.466 e. The van der Waals surface area contributed by atoms with E-state index in [-0.39, 0.29) is 30.5 Å². The normalized spacial score (nSPS) is 11.1. The number of nitrogen functional groups attached to an aromatic ring is 1. The molecule has 164 valence electrons. The summed E-state index contributed by atoms with van der Waals surface area (Å²) >= 11 is 0. The second kappa shape index (κ2) is 9.07. The Morgan fingerprint density at radius 1 is 1.19 bits per heavy atom. The highest BCUT2D eigenvalue weighted by atomic mass is 16.3. The highest BCUT2D eigenvalue weighted by Crippen LogP contribution is 2.24. The molecular formula is C23H28N4O4. The van der Waals surface area contributed by atoms with Crippen LogP contribution < -0.4 is 21.9 Å². The molecule has 31 heavy (non-hydrogen) atoms. The molecule has 0 unspecified atom stereocenters. The van der Waals surface area contributed by atoms with Crippen LogP contribution in [-0.4, -0.2) is 22.0 Å². The molecule has 0 atom stereocenters. The van der Waals surface area contributed by atoms with E-state index in [1.54, 1.807) is 19.9 Å². The molecule has 3 N–H and O–H groups in total. The Labute approximate surface area is 180 Å². The number of aromatic nitrogens is 2. The maximum Gasteiger partial charge on any atom is 0.330 e. The zero-order valence-electron chi connectivity index (χ0n) is 18.3. The van der Waals surface area contributed by atoms with Gasteiger partial charge >= 0.3 is 5.69 Å². The third-order valence-electron chi connectivity index (χ3n) is 5.11. The van der Waals surface area contributed by atoms with Gasteiger partial charge in [-0.1, -0.05) is 44.2 Å². The van der Waals surface area contributed by atoms with Crippen molar-refractivity contribution in [1.29, 1.82) is 0 Å². The number of anilines is 2. The van der Waals surface area contributed by atoms with E-state index in [1.165, 1.54) is 9.47 Å². The lowest BCUT2D eigenvalue weighted by Crippen LogP contribution is -2.42. The minimum atomic E-state index is -0.693. The number of aromatic amines is 1. The van der Waals surface area contributed by atoms with E-state index in [2.05, 4.69) is 4.98 Å². The van der Waals surface area contributed by atoms with Gasteiger partial charge in [0, 0.05) is 6.54 Å². The summed E-state index contributed by atoms with van der Waals surface area (Å²) in [5.41, 5.74) is 6.19. The molecule has 3 aromatic rings. The summed E-state index contributed by atoms with van der Waals surface area (Å²) in [6.45, 7) is 7.95. The smallest absolute Gasteiger partial charge is 0.330 e. The maximum absolute atomic E-state index is 13.4. The largest absolute Gasteiger partial charge is 0.466 e. The third kappa shape index (κ3) is 4.79. The molecule has 3 rings (SSSR count). The number of amides is 1. The van der Waals surface area contributed by atoms with Crippen LogP contribution in [0.15, 0.2) is 50.4 Å². The van der Waals surface area contributed by atoms with Crippen molar-refractivity contribution in [2.75, 3.05) is 17.2 Å². The molecule has 0 saturated carbocycles. The first-order chi connectivity index (χ1) is 14.7. The average Bonchev–Trinajstić information content (AvgIpc) is 3.05. The first-order valence-electron chi connectivity index (χ1n) is 10.2. The summed E-state index contributed by atoms with van der Waals surface area (Å²) in [5.74, 6) is 0.910. The summed E-state index contributed by atoms with van der Waals surface area (Å²) < 4.78 is 6.78. The Kier molecular flexibility index (Phi) is 6.48. The monoisotopic (exact) mass is 424 g/mol. The van der Waals surface area contributed by atoms with Crippen molar-refractivity contribution in [2.45, 2.75) is 40.7 Å². The van der Waals surface area contributed by atoms with E-state index < -0.39 is 17.2 Å². The first-order valence-corrected chi connectivity index (χ1v) is 10.2. The molecular weight excluding hydrogens is 396 g/mol. The van der Waals surface area contributed by atoms with Crippen molar-refractivity contribution in [2.24, 2.45) is 5.92 Å². The van der Waals surface area contributed by atoms with Crippen molar-refractivity contribution in [3.8, 4) is 0 Å². The fourth-order valence-corrected chi connectivity index (χ4v) is 3.45. The predicted molar refractivity (Wildman–Crippen MR) is 121 cm³/mol. The van der Waals surface area contributed by atoms with Crippen molar-refractivity contribution in [1.82, 2.24) is 9.55 Å². The number of hydrogen-bond donors (Lipinski definition) is 2. The zero-order valence-corrected chi connectivity index (χ0v) is 18.3. The molecule has 0 aliphatic carbocycles. The fraction of sp³-hybridized carbons (Fsp3) is 0.348. The number of nitrogens with two attached hydrogens (primary N) is 1. The Morgan fingerprint density at radius 3 is 2.45 bits per heavy atom. The van der Waals surface area contributed by atoms with Gasteiger partial charge in [0.25, 0.3) is 11.5 Å². The van der Waals surface area contributed by atoms with Crippen LogP contribution in [0.25, 0.3) is 0 Å². The third-order valence-corrected chi connectivity index (χ3v) is 5.11. The summed E-state index contributed by atoms with van der Waals surface area (Å²) in [6.07, 6.45) is 0.651. The van der Waals surface area contributed by atoms with Crippen molar-refractivity contribution >= 4 is 17.4 Å². The average molecular weight is 425 g/mol. The highest BCUT2D eigenvalue weighted by molar-refractivity contribution is 6.07. The number of benzene rings is 1. The van der Waals surface area contributed by atoms with Crippen LogP contribution in [0.2, 0.25) is 0 Å². The lowest BCUT2D eigenvalue weighted by atomic mass is 10.1. The van der Waals surface area contributed by atoms with Gasteiger partial charge in [-0.25, -0.2) is 4.79 Å². The molecule has 0 spiro atoms. The van der Waals surface area contributed by atoms with Crippen molar-refractivity contribution in [3.63, 3.8) is 0 Å². The summed E-state index contributed by atoms with van der Waals surface area (Å²) in [6, 6.07) is 10.9. The quantitative estimate of drug-likeness (QED) is 0.605. The van der Waals surface area contributed by atoms with Crippen LogP contribution in [0.5, 0.6) is 0 Å². The molecule has 8 nitrogen and oxygen atoms in total. The first kappa shape index (κ1) is 22.1. The van der Waals surface area contributed by atoms with E-state index in [1.807, 2.05) is 44.2 Å². The van der Waals surface area contributed by atoms with Gasteiger partial charge in [0.15, 0.2) is 5.69 Å². The standard InChI is InChI=1S/C23H28N4O4/c1-14(2)10-11-26(22(29)18-12-15(3)31-16(18)4)19-20(24)27(23(30)25-21(19)28)13-17-8-6-5-7-9-17/h5-9,12,14H,10-11,13,24H2,1-4H3,(H,25,28,30). The van der Waals surface area contributed by atoms with Gasteiger partial charge in [-0.2, -0.15) is 0 Å². The number of H-pyrrole nitrogens is 1. The number of rotatable bonds is 7. The van der Waals surface area contributed by atoms with Gasteiger partial charge in [0.1, 0.15) is 17.3 Å². The Hall–Kier alpha value is -3.55. The van der Waals surface area contributed by atoms with Crippen LogP contribution in [0, 0.1) is 19.8 Å². The maximum atomic E-state index is 13.4.